The van der Waals surface area contributed by atoms with Crippen LogP contribution in [0.1, 0.15) is 26.2 Å². The third kappa shape index (κ3) is 3.06. The van der Waals surface area contributed by atoms with Gasteiger partial charge in [0.2, 0.25) is 0 Å². The summed E-state index contributed by atoms with van der Waals surface area (Å²) in [6, 6.07) is 11.7. The van der Waals surface area contributed by atoms with Crippen molar-refractivity contribution in [3.63, 3.8) is 0 Å². The van der Waals surface area contributed by atoms with Gasteiger partial charge in [-0.25, -0.2) is 4.98 Å². The summed E-state index contributed by atoms with van der Waals surface area (Å²) in [7, 11) is 0. The van der Waals surface area contributed by atoms with E-state index in [0.29, 0.717) is 0 Å². The van der Waals surface area contributed by atoms with Gasteiger partial charge in [-0.05, 0) is 30.7 Å². The number of benzene rings is 1. The summed E-state index contributed by atoms with van der Waals surface area (Å²) < 4.78 is 7.88. The highest BCUT2D eigenvalue weighted by atomic mass is 16.5. The van der Waals surface area contributed by atoms with Gasteiger partial charge in [-0.1, -0.05) is 31.9 Å². The molecule has 3 aromatic rings. The molecule has 0 amide bonds. The number of unbranched alkanes of at least 4 members (excludes halogenated alkanes) is 2. The van der Waals surface area contributed by atoms with Gasteiger partial charge in [0.15, 0.2) is 11.4 Å². The molecule has 0 fully saturated rings. The fraction of sp³-hybridized carbons (Fsp3) is 0.278. The molecule has 0 aliphatic rings. The van der Waals surface area contributed by atoms with Gasteiger partial charge in [0.1, 0.15) is 0 Å². The zero-order chi connectivity index (χ0) is 15.4. The Morgan fingerprint density at radius 1 is 1.18 bits per heavy atom. The molecule has 0 saturated heterocycles. The van der Waals surface area contributed by atoms with Gasteiger partial charge in [0.05, 0.1) is 12.3 Å². The molecule has 0 aliphatic heterocycles. The number of nitrogen functional groups attached to an aromatic ring is 1. The van der Waals surface area contributed by atoms with Gasteiger partial charge in [-0.3, -0.25) is 0 Å². The fourth-order valence-electron chi connectivity index (χ4n) is 2.47. The monoisotopic (exact) mass is 295 g/mol. The highest BCUT2D eigenvalue weighted by Gasteiger charge is 2.09. The molecule has 0 aliphatic carbocycles. The Balaban J connectivity index is 1.89. The Kier molecular flexibility index (Phi) is 4.28. The molecule has 22 heavy (non-hydrogen) atoms. The van der Waals surface area contributed by atoms with E-state index in [-0.39, 0.29) is 0 Å². The Bertz CT molecular complexity index is 764. The van der Waals surface area contributed by atoms with Crippen LogP contribution >= 0.6 is 0 Å². The summed E-state index contributed by atoms with van der Waals surface area (Å²) in [5.74, 6) is 0.828. The fourth-order valence-corrected chi connectivity index (χ4v) is 2.47. The van der Waals surface area contributed by atoms with Crippen molar-refractivity contribution < 1.29 is 4.74 Å². The molecule has 0 spiro atoms. The molecule has 4 heteroatoms. The third-order valence-corrected chi connectivity index (χ3v) is 3.63. The largest absolute Gasteiger partial charge is 0.490 e. The number of imidazole rings is 1. The average molecular weight is 295 g/mol. The molecule has 1 aromatic carbocycles. The number of anilines is 1. The summed E-state index contributed by atoms with van der Waals surface area (Å²) >= 11 is 0. The Labute approximate surface area is 130 Å². The highest BCUT2D eigenvalue weighted by Crippen LogP contribution is 2.25. The first kappa shape index (κ1) is 14.4. The van der Waals surface area contributed by atoms with Gasteiger partial charge in [-0.2, -0.15) is 0 Å². The average Bonchev–Trinajstić information content (AvgIpc) is 2.96. The molecule has 4 nitrogen and oxygen atoms in total. The minimum Gasteiger partial charge on any atom is -0.490 e. The predicted molar refractivity (Wildman–Crippen MR) is 90.1 cm³/mol. The van der Waals surface area contributed by atoms with Crippen LogP contribution in [0.15, 0.2) is 48.8 Å². The normalized spacial score (nSPS) is 11.0. The lowest BCUT2D eigenvalue weighted by Crippen LogP contribution is -1.99. The summed E-state index contributed by atoms with van der Waals surface area (Å²) in [5.41, 5.74) is 9.35. The number of ether oxygens (including phenoxy) is 1. The van der Waals surface area contributed by atoms with E-state index < -0.39 is 0 Å². The lowest BCUT2D eigenvalue weighted by atomic mass is 10.1. The first-order valence-electron chi connectivity index (χ1n) is 7.74. The van der Waals surface area contributed by atoms with E-state index in [1.165, 1.54) is 12.8 Å². The molecule has 0 unspecified atom stereocenters. The second kappa shape index (κ2) is 6.52. The molecule has 114 valence electrons. The van der Waals surface area contributed by atoms with Crippen LogP contribution in [0.2, 0.25) is 0 Å². The number of nitrogens with two attached hydrogens (primary N) is 1. The Hall–Kier alpha value is -2.49. The molecular weight excluding hydrogens is 274 g/mol. The van der Waals surface area contributed by atoms with E-state index in [1.807, 2.05) is 53.2 Å². The molecule has 0 radical (unpaired) electrons. The smallest absolute Gasteiger partial charge is 0.180 e. The van der Waals surface area contributed by atoms with Crippen molar-refractivity contribution in [1.29, 1.82) is 0 Å². The molecule has 3 rings (SSSR count). The molecular formula is C18H21N3O. The van der Waals surface area contributed by atoms with Crippen molar-refractivity contribution in [2.45, 2.75) is 26.2 Å². The minimum absolute atomic E-state index is 0.730. The van der Waals surface area contributed by atoms with Gasteiger partial charge in [0, 0.05) is 23.6 Å². The van der Waals surface area contributed by atoms with Crippen molar-refractivity contribution in [2.24, 2.45) is 0 Å². The van der Waals surface area contributed by atoms with Crippen molar-refractivity contribution in [3.8, 4) is 17.0 Å². The highest BCUT2D eigenvalue weighted by molar-refractivity contribution is 5.68. The number of fused-ring (bicyclic) bond motifs is 1. The first-order chi connectivity index (χ1) is 10.8. The van der Waals surface area contributed by atoms with Crippen molar-refractivity contribution >= 4 is 11.3 Å². The lowest BCUT2D eigenvalue weighted by molar-refractivity contribution is 0.308. The number of hydrogen-bond donors (Lipinski definition) is 1. The number of nitrogens with zero attached hydrogens (tertiary/aromatic N) is 2. The first-order valence-corrected chi connectivity index (χ1v) is 7.74. The van der Waals surface area contributed by atoms with Crippen molar-refractivity contribution in [1.82, 2.24) is 9.38 Å². The number of hydrogen-bond acceptors (Lipinski definition) is 3. The quantitative estimate of drug-likeness (QED) is 0.549. The molecule has 2 N–H and O–H groups in total. The van der Waals surface area contributed by atoms with Gasteiger partial charge in [0.25, 0.3) is 0 Å². The maximum Gasteiger partial charge on any atom is 0.180 e. The van der Waals surface area contributed by atoms with Crippen molar-refractivity contribution in [2.75, 3.05) is 12.3 Å². The Morgan fingerprint density at radius 3 is 2.91 bits per heavy atom. The van der Waals surface area contributed by atoms with Crippen LogP contribution in [0.25, 0.3) is 16.9 Å². The summed E-state index contributed by atoms with van der Waals surface area (Å²) in [6.45, 7) is 2.92. The van der Waals surface area contributed by atoms with E-state index in [0.717, 1.165) is 41.4 Å². The van der Waals surface area contributed by atoms with Crippen LogP contribution in [0.5, 0.6) is 5.75 Å². The molecule has 0 atom stereocenters. The van der Waals surface area contributed by atoms with Crippen LogP contribution in [0.4, 0.5) is 5.69 Å². The van der Waals surface area contributed by atoms with E-state index in [2.05, 4.69) is 6.92 Å². The van der Waals surface area contributed by atoms with Crippen LogP contribution < -0.4 is 10.5 Å². The zero-order valence-electron chi connectivity index (χ0n) is 12.8. The van der Waals surface area contributed by atoms with Gasteiger partial charge >= 0.3 is 0 Å². The lowest BCUT2D eigenvalue weighted by Gasteiger charge is -2.06. The zero-order valence-corrected chi connectivity index (χ0v) is 12.8. The maximum atomic E-state index is 5.89. The summed E-state index contributed by atoms with van der Waals surface area (Å²) in [4.78, 5) is 4.71. The van der Waals surface area contributed by atoms with E-state index in [1.54, 1.807) is 0 Å². The van der Waals surface area contributed by atoms with E-state index in [4.69, 9.17) is 15.5 Å². The number of pyridine rings is 1. The van der Waals surface area contributed by atoms with Crippen LogP contribution in [-0.2, 0) is 0 Å². The van der Waals surface area contributed by atoms with Crippen LogP contribution in [0.3, 0.4) is 0 Å². The number of aromatic nitrogens is 2. The topological polar surface area (TPSA) is 52.5 Å². The minimum atomic E-state index is 0.730. The molecule has 0 saturated carbocycles. The second-order valence-electron chi connectivity index (χ2n) is 5.41. The van der Waals surface area contributed by atoms with Gasteiger partial charge in [-0.15, -0.1) is 0 Å². The molecule has 0 bridgehead atoms. The predicted octanol–water partition coefficient (Wildman–Crippen LogP) is 4.15. The van der Waals surface area contributed by atoms with Gasteiger partial charge < -0.3 is 14.9 Å². The van der Waals surface area contributed by atoms with Crippen LogP contribution in [0, 0.1) is 0 Å². The SMILES string of the molecule is CCCCCOc1cccn2cc(-c3cccc(N)c3)nc12. The van der Waals surface area contributed by atoms with Crippen molar-refractivity contribution in [3.05, 3.63) is 48.8 Å². The van der Waals surface area contributed by atoms with Crippen LogP contribution in [-0.4, -0.2) is 16.0 Å². The van der Waals surface area contributed by atoms with E-state index in [9.17, 15) is 0 Å². The second-order valence-corrected chi connectivity index (χ2v) is 5.41. The maximum absolute atomic E-state index is 5.89. The summed E-state index contributed by atoms with van der Waals surface area (Å²) in [6.07, 6.45) is 7.43. The summed E-state index contributed by atoms with van der Waals surface area (Å²) in [5, 5.41) is 0. The molecule has 2 aromatic heterocycles. The standard InChI is InChI=1S/C18H21N3O/c1-2-3-4-11-22-17-9-6-10-21-13-16(20-18(17)21)14-7-5-8-15(19)12-14/h5-10,12-13H,2-4,11,19H2,1H3. The van der Waals surface area contributed by atoms with E-state index >= 15 is 0 Å². The molecule has 2 heterocycles. The third-order valence-electron chi connectivity index (χ3n) is 3.63. The number of rotatable bonds is 6. The Morgan fingerprint density at radius 2 is 2.09 bits per heavy atom.